The summed E-state index contributed by atoms with van der Waals surface area (Å²) in [6.45, 7) is 5.69. The molecule has 2 fully saturated rings. The highest BCUT2D eigenvalue weighted by Crippen LogP contribution is 2.38. The van der Waals surface area contributed by atoms with Crippen molar-refractivity contribution in [3.8, 4) is 0 Å². The van der Waals surface area contributed by atoms with Crippen molar-refractivity contribution in [1.29, 1.82) is 0 Å². The zero-order chi connectivity index (χ0) is 10.3. The van der Waals surface area contributed by atoms with Crippen LogP contribution in [0.25, 0.3) is 0 Å². The first-order valence-corrected chi connectivity index (χ1v) is 5.21. The third-order valence-electron chi connectivity index (χ3n) is 2.76. The molecular formula is C10H18O4. The van der Waals surface area contributed by atoms with E-state index in [0.717, 1.165) is 6.42 Å². The Bertz CT molecular complexity index is 200. The van der Waals surface area contributed by atoms with E-state index in [1.54, 1.807) is 0 Å². The quantitative estimate of drug-likeness (QED) is 0.726. The van der Waals surface area contributed by atoms with Gasteiger partial charge in [-0.2, -0.15) is 0 Å². The van der Waals surface area contributed by atoms with Gasteiger partial charge in [-0.3, -0.25) is 0 Å². The lowest BCUT2D eigenvalue weighted by atomic mass is 10.1. The molecule has 0 aromatic rings. The summed E-state index contributed by atoms with van der Waals surface area (Å²) >= 11 is 0. The summed E-state index contributed by atoms with van der Waals surface area (Å²) in [4.78, 5) is 0. The molecule has 2 saturated heterocycles. The average molecular weight is 202 g/mol. The second-order valence-corrected chi connectivity index (χ2v) is 4.43. The van der Waals surface area contributed by atoms with Crippen LogP contribution < -0.4 is 0 Å². The van der Waals surface area contributed by atoms with Gasteiger partial charge in [0.05, 0.1) is 12.2 Å². The van der Waals surface area contributed by atoms with Crippen LogP contribution in [0.4, 0.5) is 0 Å². The van der Waals surface area contributed by atoms with Crippen LogP contribution >= 0.6 is 0 Å². The fraction of sp³-hybridized carbons (Fsp3) is 1.00. The number of aliphatic hydroxyl groups is 1. The zero-order valence-corrected chi connectivity index (χ0v) is 8.90. The first kappa shape index (κ1) is 10.4. The van der Waals surface area contributed by atoms with Crippen molar-refractivity contribution >= 4 is 0 Å². The molecule has 0 aromatic carbocycles. The highest BCUT2D eigenvalue weighted by molar-refractivity contribution is 4.87. The van der Waals surface area contributed by atoms with E-state index in [9.17, 15) is 5.11 Å². The third kappa shape index (κ3) is 1.80. The van der Waals surface area contributed by atoms with Crippen LogP contribution in [0.1, 0.15) is 33.6 Å². The molecule has 4 heteroatoms. The van der Waals surface area contributed by atoms with E-state index in [1.807, 2.05) is 20.8 Å². The second-order valence-electron chi connectivity index (χ2n) is 4.43. The lowest BCUT2D eigenvalue weighted by molar-refractivity contribution is -0.214. The topological polar surface area (TPSA) is 47.9 Å². The Morgan fingerprint density at radius 1 is 1.43 bits per heavy atom. The van der Waals surface area contributed by atoms with Crippen molar-refractivity contribution in [2.75, 3.05) is 0 Å². The molecule has 0 amide bonds. The Hall–Kier alpha value is -0.160. The van der Waals surface area contributed by atoms with Gasteiger partial charge in [0.1, 0.15) is 6.10 Å². The Balaban J connectivity index is 1.93. The van der Waals surface area contributed by atoms with Crippen LogP contribution in [0.5, 0.6) is 0 Å². The Kier molecular flexibility index (Phi) is 2.55. The summed E-state index contributed by atoms with van der Waals surface area (Å²) in [5.74, 6) is -0.544. The number of hydrogen-bond donors (Lipinski definition) is 1. The number of aliphatic hydroxyl groups excluding tert-OH is 1. The van der Waals surface area contributed by atoms with E-state index >= 15 is 0 Å². The van der Waals surface area contributed by atoms with Crippen molar-refractivity contribution in [1.82, 2.24) is 0 Å². The van der Waals surface area contributed by atoms with Gasteiger partial charge in [-0.15, -0.1) is 0 Å². The summed E-state index contributed by atoms with van der Waals surface area (Å²) in [7, 11) is 0. The summed E-state index contributed by atoms with van der Waals surface area (Å²) in [5, 5.41) is 9.61. The number of ether oxygens (including phenoxy) is 3. The highest BCUT2D eigenvalue weighted by Gasteiger charge is 2.49. The van der Waals surface area contributed by atoms with Crippen LogP contribution in [0.3, 0.4) is 0 Å². The molecule has 4 nitrogen and oxygen atoms in total. The molecule has 2 heterocycles. The van der Waals surface area contributed by atoms with Crippen molar-refractivity contribution in [3.63, 3.8) is 0 Å². The second kappa shape index (κ2) is 3.45. The molecule has 0 spiro atoms. The van der Waals surface area contributed by atoms with E-state index in [1.165, 1.54) is 0 Å². The molecule has 0 radical (unpaired) electrons. The zero-order valence-electron chi connectivity index (χ0n) is 8.90. The van der Waals surface area contributed by atoms with Gasteiger partial charge in [0.25, 0.3) is 0 Å². The summed E-state index contributed by atoms with van der Waals surface area (Å²) in [6.07, 6.45) is 0.575. The van der Waals surface area contributed by atoms with Crippen LogP contribution in [-0.4, -0.2) is 35.5 Å². The number of rotatable bonds is 2. The summed E-state index contributed by atoms with van der Waals surface area (Å²) in [5.41, 5.74) is 0. The standard InChI is InChI=1S/C10H18O4/c1-4-6(11)7-5-8-9(12-7)14-10(2,3)13-8/h6-9,11H,4-5H2,1-3H3/t6-,7+,8-,9-/m1/s1. The van der Waals surface area contributed by atoms with Crippen molar-refractivity contribution in [2.24, 2.45) is 0 Å². The molecule has 14 heavy (non-hydrogen) atoms. The van der Waals surface area contributed by atoms with Crippen molar-refractivity contribution in [3.05, 3.63) is 0 Å². The van der Waals surface area contributed by atoms with E-state index in [4.69, 9.17) is 14.2 Å². The van der Waals surface area contributed by atoms with Gasteiger partial charge in [-0.1, -0.05) is 6.92 Å². The normalized spacial score (nSPS) is 42.4. The van der Waals surface area contributed by atoms with Gasteiger partial charge >= 0.3 is 0 Å². The van der Waals surface area contributed by atoms with Crippen molar-refractivity contribution < 1.29 is 19.3 Å². The Labute approximate surface area is 84.1 Å². The van der Waals surface area contributed by atoms with Gasteiger partial charge < -0.3 is 19.3 Å². The number of fused-ring (bicyclic) bond motifs is 1. The monoisotopic (exact) mass is 202 g/mol. The lowest BCUT2D eigenvalue weighted by Crippen LogP contribution is -2.30. The molecule has 2 aliphatic rings. The average Bonchev–Trinajstić information content (AvgIpc) is 2.56. The predicted molar refractivity (Wildman–Crippen MR) is 49.6 cm³/mol. The third-order valence-corrected chi connectivity index (χ3v) is 2.76. The maximum atomic E-state index is 9.61. The summed E-state index contributed by atoms with van der Waals surface area (Å²) < 4.78 is 16.8. The largest absolute Gasteiger partial charge is 0.390 e. The molecule has 0 saturated carbocycles. The molecule has 1 N–H and O–H groups in total. The maximum absolute atomic E-state index is 9.61. The predicted octanol–water partition coefficient (Wildman–Crippen LogP) is 1.02. The van der Waals surface area contributed by atoms with Crippen LogP contribution in [0.15, 0.2) is 0 Å². The maximum Gasteiger partial charge on any atom is 0.187 e. The van der Waals surface area contributed by atoms with E-state index < -0.39 is 11.9 Å². The van der Waals surface area contributed by atoms with E-state index in [0.29, 0.717) is 6.42 Å². The molecule has 0 unspecified atom stereocenters. The van der Waals surface area contributed by atoms with Gasteiger partial charge in [0.15, 0.2) is 12.1 Å². The van der Waals surface area contributed by atoms with Crippen LogP contribution in [-0.2, 0) is 14.2 Å². The minimum atomic E-state index is -0.544. The van der Waals surface area contributed by atoms with E-state index in [2.05, 4.69) is 0 Å². The Morgan fingerprint density at radius 3 is 2.71 bits per heavy atom. The molecule has 82 valence electrons. The van der Waals surface area contributed by atoms with Crippen LogP contribution in [0, 0.1) is 0 Å². The molecule has 0 aromatic heterocycles. The Morgan fingerprint density at radius 2 is 2.14 bits per heavy atom. The minimum absolute atomic E-state index is 0.0174. The minimum Gasteiger partial charge on any atom is -0.390 e. The molecule has 2 rings (SSSR count). The van der Waals surface area contributed by atoms with Gasteiger partial charge in [0.2, 0.25) is 0 Å². The first-order chi connectivity index (χ1) is 6.52. The fourth-order valence-electron chi connectivity index (χ4n) is 2.05. The molecular weight excluding hydrogens is 184 g/mol. The van der Waals surface area contributed by atoms with Gasteiger partial charge in [0, 0.05) is 6.42 Å². The SMILES string of the molecule is CC[C@@H](O)[C@@H]1C[C@H]2OC(C)(C)O[C@H]2O1. The highest BCUT2D eigenvalue weighted by atomic mass is 16.8. The van der Waals surface area contributed by atoms with Gasteiger partial charge in [-0.25, -0.2) is 0 Å². The first-order valence-electron chi connectivity index (χ1n) is 5.21. The smallest absolute Gasteiger partial charge is 0.187 e. The molecule has 0 bridgehead atoms. The summed E-state index contributed by atoms with van der Waals surface area (Å²) in [6, 6.07) is 0. The van der Waals surface area contributed by atoms with Gasteiger partial charge in [-0.05, 0) is 20.3 Å². The molecule has 0 aliphatic carbocycles. The lowest BCUT2D eigenvalue weighted by Gasteiger charge is -2.22. The molecule has 4 atom stereocenters. The van der Waals surface area contributed by atoms with E-state index in [-0.39, 0.29) is 18.5 Å². The number of hydrogen-bond acceptors (Lipinski definition) is 4. The fourth-order valence-corrected chi connectivity index (χ4v) is 2.05. The molecule has 2 aliphatic heterocycles. The van der Waals surface area contributed by atoms with Crippen LogP contribution in [0.2, 0.25) is 0 Å². The van der Waals surface area contributed by atoms with Crippen molar-refractivity contribution in [2.45, 2.75) is 64.0 Å².